The Kier molecular flexibility index (Phi) is 4.60. The number of carboxylic acid groups (broad SMARTS) is 1. The van der Waals surface area contributed by atoms with E-state index in [4.69, 9.17) is 5.11 Å². The van der Waals surface area contributed by atoms with Gasteiger partial charge in [0.15, 0.2) is 0 Å². The number of nitro groups is 1. The van der Waals surface area contributed by atoms with Crippen LogP contribution in [-0.2, 0) is 4.79 Å². The molecule has 0 heterocycles. The van der Waals surface area contributed by atoms with Crippen LogP contribution < -0.4 is 10.6 Å². The highest BCUT2D eigenvalue weighted by atomic mass is 79.9. The van der Waals surface area contributed by atoms with Gasteiger partial charge in [-0.15, -0.1) is 0 Å². The second kappa shape index (κ2) is 5.96. The number of amides is 2. The lowest BCUT2D eigenvalue weighted by atomic mass is 10.3. The Hall–Kier alpha value is -2.16. The van der Waals surface area contributed by atoms with Gasteiger partial charge in [-0.25, -0.2) is 4.79 Å². The summed E-state index contributed by atoms with van der Waals surface area (Å²) < 4.78 is 0.281. The van der Waals surface area contributed by atoms with Crippen LogP contribution in [0.15, 0.2) is 22.7 Å². The Morgan fingerprint density at radius 2 is 2.11 bits per heavy atom. The summed E-state index contributed by atoms with van der Waals surface area (Å²) >= 11 is 3.00. The molecule has 96 valence electrons. The third kappa shape index (κ3) is 4.01. The Bertz CT molecular complexity index is 505. The van der Waals surface area contributed by atoms with Crippen LogP contribution in [0.25, 0.3) is 0 Å². The van der Waals surface area contributed by atoms with Crippen LogP contribution in [0, 0.1) is 10.1 Å². The average Bonchev–Trinajstić information content (AvgIpc) is 2.28. The summed E-state index contributed by atoms with van der Waals surface area (Å²) in [7, 11) is 0. The second-order valence-corrected chi connectivity index (χ2v) is 3.98. The van der Waals surface area contributed by atoms with Crippen LogP contribution in [0.2, 0.25) is 0 Å². The van der Waals surface area contributed by atoms with Gasteiger partial charge in [-0.2, -0.15) is 0 Å². The number of benzene rings is 1. The molecular formula is C9H8BrN3O5. The predicted molar refractivity (Wildman–Crippen MR) is 65.5 cm³/mol. The number of hydrogen-bond acceptors (Lipinski definition) is 4. The number of hydrogen-bond donors (Lipinski definition) is 3. The molecule has 0 aliphatic heterocycles. The largest absolute Gasteiger partial charge is 0.480 e. The van der Waals surface area contributed by atoms with Crippen LogP contribution in [0.1, 0.15) is 0 Å². The van der Waals surface area contributed by atoms with E-state index in [0.717, 1.165) is 6.07 Å². The number of halogens is 1. The predicted octanol–water partition coefficient (Wildman–Crippen LogP) is 1.56. The number of nitrogens with one attached hydrogen (secondary N) is 2. The Morgan fingerprint density at radius 1 is 1.44 bits per heavy atom. The van der Waals surface area contributed by atoms with Crippen molar-refractivity contribution in [3.8, 4) is 0 Å². The lowest BCUT2D eigenvalue weighted by Crippen LogP contribution is -2.33. The molecule has 0 saturated carbocycles. The van der Waals surface area contributed by atoms with Crippen molar-refractivity contribution in [1.29, 1.82) is 0 Å². The Morgan fingerprint density at radius 3 is 2.67 bits per heavy atom. The second-order valence-electron chi connectivity index (χ2n) is 3.12. The molecule has 1 aromatic carbocycles. The smallest absolute Gasteiger partial charge is 0.323 e. The third-order valence-electron chi connectivity index (χ3n) is 1.80. The quantitative estimate of drug-likeness (QED) is 0.574. The van der Waals surface area contributed by atoms with Crippen molar-refractivity contribution in [2.45, 2.75) is 0 Å². The van der Waals surface area contributed by atoms with E-state index < -0.39 is 23.5 Å². The zero-order valence-corrected chi connectivity index (χ0v) is 10.4. The molecule has 1 aromatic rings. The van der Waals surface area contributed by atoms with E-state index in [1.807, 2.05) is 0 Å². The maximum atomic E-state index is 11.2. The number of rotatable bonds is 4. The number of carbonyl (C=O) groups is 2. The van der Waals surface area contributed by atoms with Gasteiger partial charge in [0, 0.05) is 11.8 Å². The van der Waals surface area contributed by atoms with E-state index in [2.05, 4.69) is 26.6 Å². The Balaban J connectivity index is 2.73. The molecule has 8 nitrogen and oxygen atoms in total. The first-order chi connectivity index (χ1) is 8.40. The van der Waals surface area contributed by atoms with Gasteiger partial charge < -0.3 is 15.7 Å². The fourth-order valence-electron chi connectivity index (χ4n) is 1.06. The lowest BCUT2D eigenvalue weighted by molar-refractivity contribution is -0.385. The summed E-state index contributed by atoms with van der Waals surface area (Å²) in [5.74, 6) is -1.19. The molecule has 9 heteroatoms. The molecule has 18 heavy (non-hydrogen) atoms. The number of anilines is 1. The summed E-state index contributed by atoms with van der Waals surface area (Å²) in [5, 5.41) is 23.3. The molecule has 0 aromatic heterocycles. The molecule has 0 bridgehead atoms. The molecular weight excluding hydrogens is 310 g/mol. The minimum atomic E-state index is -1.19. The zero-order valence-electron chi connectivity index (χ0n) is 8.84. The fourth-order valence-corrected chi connectivity index (χ4v) is 1.45. The number of aliphatic carboxylic acids is 1. The zero-order chi connectivity index (χ0) is 13.7. The molecule has 2 amide bonds. The van der Waals surface area contributed by atoms with Gasteiger partial charge in [0.25, 0.3) is 5.69 Å². The molecule has 0 unspecified atom stereocenters. The van der Waals surface area contributed by atoms with E-state index in [1.54, 1.807) is 0 Å². The molecule has 0 aliphatic carbocycles. The van der Waals surface area contributed by atoms with E-state index >= 15 is 0 Å². The van der Waals surface area contributed by atoms with Gasteiger partial charge in [-0.3, -0.25) is 14.9 Å². The maximum Gasteiger partial charge on any atom is 0.323 e. The fraction of sp³-hybridized carbons (Fsp3) is 0.111. The van der Waals surface area contributed by atoms with Crippen LogP contribution in [0.3, 0.4) is 0 Å². The number of urea groups is 1. The van der Waals surface area contributed by atoms with Crippen molar-refractivity contribution < 1.29 is 19.6 Å². The van der Waals surface area contributed by atoms with Crippen molar-refractivity contribution in [3.63, 3.8) is 0 Å². The highest BCUT2D eigenvalue weighted by molar-refractivity contribution is 9.10. The summed E-state index contributed by atoms with van der Waals surface area (Å²) in [6.45, 7) is -0.537. The van der Waals surface area contributed by atoms with Crippen LogP contribution >= 0.6 is 15.9 Å². The van der Waals surface area contributed by atoms with E-state index in [9.17, 15) is 19.7 Å². The summed E-state index contributed by atoms with van der Waals surface area (Å²) in [4.78, 5) is 31.5. The number of carbonyl (C=O) groups excluding carboxylic acids is 1. The lowest BCUT2D eigenvalue weighted by Gasteiger charge is -2.06. The minimum absolute atomic E-state index is 0.188. The van der Waals surface area contributed by atoms with Crippen LogP contribution in [0.5, 0.6) is 0 Å². The summed E-state index contributed by atoms with van der Waals surface area (Å²) in [6, 6.07) is 3.25. The van der Waals surface area contributed by atoms with E-state index in [1.165, 1.54) is 12.1 Å². The van der Waals surface area contributed by atoms with Gasteiger partial charge in [0.05, 0.1) is 9.40 Å². The monoisotopic (exact) mass is 317 g/mol. The van der Waals surface area contributed by atoms with Gasteiger partial charge in [-0.1, -0.05) is 0 Å². The molecule has 1 rings (SSSR count). The average molecular weight is 318 g/mol. The first-order valence-electron chi connectivity index (χ1n) is 4.60. The van der Waals surface area contributed by atoms with Crippen molar-refractivity contribution >= 4 is 39.3 Å². The molecule has 0 aliphatic rings. The highest BCUT2D eigenvalue weighted by Gasteiger charge is 2.13. The van der Waals surface area contributed by atoms with Gasteiger partial charge in [-0.05, 0) is 28.1 Å². The molecule has 0 spiro atoms. The normalized spacial score (nSPS) is 9.61. The molecule has 0 radical (unpaired) electrons. The molecule has 0 atom stereocenters. The Labute approximate surface area is 109 Å². The molecule has 0 saturated heterocycles. The van der Waals surface area contributed by atoms with Crippen molar-refractivity contribution in [2.24, 2.45) is 0 Å². The topological polar surface area (TPSA) is 122 Å². The van der Waals surface area contributed by atoms with Crippen molar-refractivity contribution in [3.05, 3.63) is 32.8 Å². The number of nitro benzene ring substituents is 1. The first-order valence-corrected chi connectivity index (χ1v) is 5.40. The SMILES string of the molecule is O=C(O)CNC(=O)Nc1ccc(Br)c([N+](=O)[O-])c1. The van der Waals surface area contributed by atoms with E-state index in [-0.39, 0.29) is 15.8 Å². The summed E-state index contributed by atoms with van der Waals surface area (Å²) in [6.07, 6.45) is 0. The third-order valence-corrected chi connectivity index (χ3v) is 2.47. The molecule has 3 N–H and O–H groups in total. The van der Waals surface area contributed by atoms with Crippen molar-refractivity contribution in [2.75, 3.05) is 11.9 Å². The number of nitrogens with zero attached hydrogens (tertiary/aromatic N) is 1. The van der Waals surface area contributed by atoms with Gasteiger partial charge >= 0.3 is 12.0 Å². The van der Waals surface area contributed by atoms with Crippen LogP contribution in [0.4, 0.5) is 16.2 Å². The number of carboxylic acids is 1. The first kappa shape index (κ1) is 13.9. The molecule has 0 fully saturated rings. The van der Waals surface area contributed by atoms with Gasteiger partial charge in [0.1, 0.15) is 6.54 Å². The van der Waals surface area contributed by atoms with Crippen LogP contribution in [-0.4, -0.2) is 28.6 Å². The standard InChI is InChI=1S/C9H8BrN3O5/c10-6-2-1-5(3-7(6)13(17)18)12-9(16)11-4-8(14)15/h1-3H,4H2,(H,14,15)(H2,11,12,16). The highest BCUT2D eigenvalue weighted by Crippen LogP contribution is 2.27. The van der Waals surface area contributed by atoms with Crippen molar-refractivity contribution in [1.82, 2.24) is 5.32 Å². The van der Waals surface area contributed by atoms with Gasteiger partial charge in [0.2, 0.25) is 0 Å². The van der Waals surface area contributed by atoms with E-state index in [0.29, 0.717) is 0 Å². The minimum Gasteiger partial charge on any atom is -0.480 e. The summed E-state index contributed by atoms with van der Waals surface area (Å²) in [5.41, 5.74) is -0.0150. The maximum absolute atomic E-state index is 11.2.